The number of anilines is 1. The number of nitrogens with one attached hydrogen (secondary N) is 1. The molecule has 7 heteroatoms. The molecule has 0 aromatic heterocycles. The van der Waals surface area contributed by atoms with Gasteiger partial charge in [-0.25, -0.2) is 0 Å². The number of rotatable bonds is 8. The zero-order chi connectivity index (χ0) is 18.2. The number of benzene rings is 2. The minimum atomic E-state index is -0.491. The standard InChI is InChI=1S/C18H20N2O5/c1-3-11-25-16-10-5-13(12-17(16)24-4-2)18(21)19-14-6-8-15(9-7-14)20(22)23/h5-10,12H,3-4,11H2,1-2H3,(H,19,21). The van der Waals surface area contributed by atoms with Crippen LogP contribution in [0.15, 0.2) is 42.5 Å². The Hall–Kier alpha value is -3.09. The van der Waals surface area contributed by atoms with Crippen LogP contribution in [-0.4, -0.2) is 24.0 Å². The van der Waals surface area contributed by atoms with Gasteiger partial charge in [-0.05, 0) is 43.7 Å². The summed E-state index contributed by atoms with van der Waals surface area (Å²) in [6.45, 7) is 4.88. The third kappa shape index (κ3) is 4.94. The van der Waals surface area contributed by atoms with Crippen LogP contribution in [0.3, 0.4) is 0 Å². The predicted molar refractivity (Wildman–Crippen MR) is 94.4 cm³/mol. The zero-order valence-corrected chi connectivity index (χ0v) is 14.2. The Bertz CT molecular complexity index is 744. The van der Waals surface area contributed by atoms with Crippen LogP contribution in [0.5, 0.6) is 11.5 Å². The molecule has 0 saturated heterocycles. The van der Waals surface area contributed by atoms with Gasteiger partial charge in [0, 0.05) is 23.4 Å². The number of hydrogen-bond donors (Lipinski definition) is 1. The van der Waals surface area contributed by atoms with Crippen LogP contribution in [0, 0.1) is 10.1 Å². The van der Waals surface area contributed by atoms with Crippen molar-refractivity contribution in [3.63, 3.8) is 0 Å². The van der Waals surface area contributed by atoms with E-state index in [9.17, 15) is 14.9 Å². The Labute approximate surface area is 145 Å². The molecular formula is C18H20N2O5. The maximum absolute atomic E-state index is 12.4. The van der Waals surface area contributed by atoms with Crippen LogP contribution in [0.4, 0.5) is 11.4 Å². The van der Waals surface area contributed by atoms with Crippen LogP contribution >= 0.6 is 0 Å². The highest BCUT2D eigenvalue weighted by Crippen LogP contribution is 2.29. The van der Waals surface area contributed by atoms with E-state index in [1.54, 1.807) is 18.2 Å². The van der Waals surface area contributed by atoms with E-state index in [-0.39, 0.29) is 11.6 Å². The molecule has 0 fully saturated rings. The van der Waals surface area contributed by atoms with Crippen molar-refractivity contribution in [2.75, 3.05) is 18.5 Å². The van der Waals surface area contributed by atoms with Crippen molar-refractivity contribution in [2.24, 2.45) is 0 Å². The molecule has 0 radical (unpaired) electrons. The second-order valence-corrected chi connectivity index (χ2v) is 5.20. The zero-order valence-electron chi connectivity index (χ0n) is 14.2. The highest BCUT2D eigenvalue weighted by Gasteiger charge is 2.13. The first-order valence-electron chi connectivity index (χ1n) is 8.00. The van der Waals surface area contributed by atoms with Gasteiger partial charge in [-0.1, -0.05) is 6.92 Å². The van der Waals surface area contributed by atoms with Gasteiger partial charge < -0.3 is 14.8 Å². The summed E-state index contributed by atoms with van der Waals surface area (Å²) < 4.78 is 11.1. The first-order valence-corrected chi connectivity index (χ1v) is 8.00. The van der Waals surface area contributed by atoms with Crippen LogP contribution in [0.2, 0.25) is 0 Å². The summed E-state index contributed by atoms with van der Waals surface area (Å²) in [6, 6.07) is 10.6. The van der Waals surface area contributed by atoms with Crippen molar-refractivity contribution in [3.8, 4) is 11.5 Å². The molecule has 0 spiro atoms. The smallest absolute Gasteiger partial charge is 0.269 e. The Balaban J connectivity index is 2.14. The fourth-order valence-electron chi connectivity index (χ4n) is 2.12. The Kier molecular flexibility index (Phi) is 6.33. The summed E-state index contributed by atoms with van der Waals surface area (Å²) in [4.78, 5) is 22.5. The summed E-state index contributed by atoms with van der Waals surface area (Å²) in [6.07, 6.45) is 0.869. The Morgan fingerprint density at radius 1 is 1.08 bits per heavy atom. The molecule has 0 aliphatic heterocycles. The van der Waals surface area contributed by atoms with Crippen LogP contribution in [0.1, 0.15) is 30.6 Å². The van der Waals surface area contributed by atoms with Gasteiger partial charge in [-0.3, -0.25) is 14.9 Å². The molecule has 0 bridgehead atoms. The van der Waals surface area contributed by atoms with Gasteiger partial charge in [0.05, 0.1) is 18.1 Å². The summed E-state index contributed by atoms with van der Waals surface area (Å²) in [5.41, 5.74) is 0.847. The molecule has 7 nitrogen and oxygen atoms in total. The minimum Gasteiger partial charge on any atom is -0.490 e. The van der Waals surface area contributed by atoms with Crippen LogP contribution < -0.4 is 14.8 Å². The number of nitro groups is 1. The van der Waals surface area contributed by atoms with E-state index in [0.29, 0.717) is 36.0 Å². The molecule has 2 aromatic rings. The molecule has 0 saturated carbocycles. The number of non-ortho nitro benzene ring substituents is 1. The molecule has 1 amide bonds. The molecule has 2 aromatic carbocycles. The van der Waals surface area contributed by atoms with E-state index in [2.05, 4.69) is 5.32 Å². The second-order valence-electron chi connectivity index (χ2n) is 5.20. The lowest BCUT2D eigenvalue weighted by atomic mass is 10.1. The molecule has 25 heavy (non-hydrogen) atoms. The molecule has 0 aliphatic rings. The normalized spacial score (nSPS) is 10.2. The molecular weight excluding hydrogens is 324 g/mol. The van der Waals surface area contributed by atoms with Crippen molar-refractivity contribution < 1.29 is 19.2 Å². The molecule has 2 rings (SSSR count). The van der Waals surface area contributed by atoms with E-state index >= 15 is 0 Å². The maximum Gasteiger partial charge on any atom is 0.269 e. The molecule has 132 valence electrons. The van der Waals surface area contributed by atoms with Gasteiger partial charge in [0.15, 0.2) is 11.5 Å². The molecule has 1 N–H and O–H groups in total. The van der Waals surface area contributed by atoms with Gasteiger partial charge in [0.25, 0.3) is 11.6 Å². The predicted octanol–water partition coefficient (Wildman–Crippen LogP) is 4.03. The number of amides is 1. The van der Waals surface area contributed by atoms with Crippen molar-refractivity contribution >= 4 is 17.3 Å². The third-order valence-corrected chi connectivity index (χ3v) is 3.30. The third-order valence-electron chi connectivity index (χ3n) is 3.30. The van der Waals surface area contributed by atoms with E-state index in [1.807, 2.05) is 13.8 Å². The van der Waals surface area contributed by atoms with Gasteiger partial charge in [0.1, 0.15) is 0 Å². The van der Waals surface area contributed by atoms with Crippen molar-refractivity contribution in [1.82, 2.24) is 0 Å². The Morgan fingerprint density at radius 3 is 2.40 bits per heavy atom. The molecule has 0 unspecified atom stereocenters. The molecule has 0 heterocycles. The first-order chi connectivity index (χ1) is 12.0. The molecule has 0 atom stereocenters. The van der Waals surface area contributed by atoms with Crippen LogP contribution in [0.25, 0.3) is 0 Å². The number of nitrogens with zero attached hydrogens (tertiary/aromatic N) is 1. The lowest BCUT2D eigenvalue weighted by molar-refractivity contribution is -0.384. The summed E-state index contributed by atoms with van der Waals surface area (Å²) in [7, 11) is 0. The largest absolute Gasteiger partial charge is 0.490 e. The fraction of sp³-hybridized carbons (Fsp3) is 0.278. The number of nitro benzene ring substituents is 1. The van der Waals surface area contributed by atoms with Crippen molar-refractivity contribution in [2.45, 2.75) is 20.3 Å². The molecule has 0 aliphatic carbocycles. The number of ether oxygens (including phenoxy) is 2. The topological polar surface area (TPSA) is 90.7 Å². The first kappa shape index (κ1) is 18.3. The maximum atomic E-state index is 12.4. The fourth-order valence-corrected chi connectivity index (χ4v) is 2.12. The number of carbonyl (C=O) groups excluding carboxylic acids is 1. The summed E-state index contributed by atoms with van der Waals surface area (Å²) in [5, 5.41) is 13.4. The average Bonchev–Trinajstić information content (AvgIpc) is 2.61. The lowest BCUT2D eigenvalue weighted by Gasteiger charge is -2.13. The second kappa shape index (κ2) is 8.68. The van der Waals surface area contributed by atoms with Gasteiger partial charge in [0.2, 0.25) is 0 Å². The van der Waals surface area contributed by atoms with Gasteiger partial charge in [-0.2, -0.15) is 0 Å². The van der Waals surface area contributed by atoms with Crippen molar-refractivity contribution in [3.05, 3.63) is 58.1 Å². The monoisotopic (exact) mass is 344 g/mol. The van der Waals surface area contributed by atoms with E-state index in [1.165, 1.54) is 24.3 Å². The lowest BCUT2D eigenvalue weighted by Crippen LogP contribution is -2.12. The summed E-state index contributed by atoms with van der Waals surface area (Å²) in [5.74, 6) is 0.764. The number of carbonyl (C=O) groups is 1. The quantitative estimate of drug-likeness (QED) is 0.576. The van der Waals surface area contributed by atoms with Crippen LogP contribution in [-0.2, 0) is 0 Å². The number of hydrogen-bond acceptors (Lipinski definition) is 5. The highest BCUT2D eigenvalue weighted by molar-refractivity contribution is 6.04. The van der Waals surface area contributed by atoms with E-state index in [0.717, 1.165) is 6.42 Å². The van der Waals surface area contributed by atoms with Gasteiger partial charge >= 0.3 is 0 Å². The SMILES string of the molecule is CCCOc1ccc(C(=O)Nc2ccc([N+](=O)[O-])cc2)cc1OCC. The minimum absolute atomic E-state index is 0.0333. The van der Waals surface area contributed by atoms with E-state index in [4.69, 9.17) is 9.47 Å². The van der Waals surface area contributed by atoms with Crippen molar-refractivity contribution in [1.29, 1.82) is 0 Å². The van der Waals surface area contributed by atoms with E-state index < -0.39 is 4.92 Å². The highest BCUT2D eigenvalue weighted by atomic mass is 16.6. The average molecular weight is 344 g/mol. The summed E-state index contributed by atoms with van der Waals surface area (Å²) >= 11 is 0. The van der Waals surface area contributed by atoms with Gasteiger partial charge in [-0.15, -0.1) is 0 Å². The Morgan fingerprint density at radius 2 is 1.80 bits per heavy atom.